The second-order valence-corrected chi connectivity index (χ2v) is 5.32. The Morgan fingerprint density at radius 1 is 1.29 bits per heavy atom. The van der Waals surface area contributed by atoms with Crippen molar-refractivity contribution in [3.63, 3.8) is 0 Å². The fourth-order valence-electron chi connectivity index (χ4n) is 2.94. The van der Waals surface area contributed by atoms with Gasteiger partial charge in [0.25, 0.3) is 0 Å². The van der Waals surface area contributed by atoms with Crippen molar-refractivity contribution >= 4 is 5.69 Å². The van der Waals surface area contributed by atoms with Crippen molar-refractivity contribution in [3.05, 3.63) is 29.8 Å². The Bertz CT molecular complexity index is 375. The van der Waals surface area contributed by atoms with E-state index in [2.05, 4.69) is 62.3 Å². The van der Waals surface area contributed by atoms with Crippen LogP contribution in [0.25, 0.3) is 0 Å². The van der Waals surface area contributed by atoms with Crippen LogP contribution in [0, 0.1) is 12.8 Å². The summed E-state index contributed by atoms with van der Waals surface area (Å²) in [7, 11) is 2.08. The summed E-state index contributed by atoms with van der Waals surface area (Å²) in [5, 5.41) is 3.44. The summed E-state index contributed by atoms with van der Waals surface area (Å²) in [6.45, 7) is 8.02. The number of rotatable bonds is 2. The molecule has 2 nitrogen and oxygen atoms in total. The van der Waals surface area contributed by atoms with Crippen molar-refractivity contribution in [1.29, 1.82) is 0 Å². The molecule has 1 saturated heterocycles. The van der Waals surface area contributed by atoms with E-state index >= 15 is 0 Å². The number of hydrogen-bond donors (Lipinski definition) is 1. The zero-order valence-electron chi connectivity index (χ0n) is 11.4. The summed E-state index contributed by atoms with van der Waals surface area (Å²) in [6, 6.07) is 10.1. The van der Waals surface area contributed by atoms with Crippen molar-refractivity contribution in [2.45, 2.75) is 39.3 Å². The zero-order chi connectivity index (χ0) is 12.4. The quantitative estimate of drug-likeness (QED) is 0.843. The second kappa shape index (κ2) is 5.09. The van der Waals surface area contributed by atoms with E-state index in [1.165, 1.54) is 17.7 Å². The smallest absolute Gasteiger partial charge is 0.0371 e. The van der Waals surface area contributed by atoms with Crippen LogP contribution in [-0.2, 0) is 0 Å². The zero-order valence-corrected chi connectivity index (χ0v) is 11.4. The minimum absolute atomic E-state index is 0.600. The molecule has 94 valence electrons. The summed E-state index contributed by atoms with van der Waals surface area (Å²) in [4.78, 5) is 2.55. The number of nitrogens with zero attached hydrogens (tertiary/aromatic N) is 1. The number of aryl methyl sites for hydroxylation is 1. The van der Waals surface area contributed by atoms with E-state index in [0.717, 1.165) is 6.54 Å². The van der Waals surface area contributed by atoms with Crippen molar-refractivity contribution < 1.29 is 0 Å². The largest absolute Gasteiger partial charge is 0.368 e. The molecule has 1 heterocycles. The molecule has 1 N–H and O–H groups in total. The van der Waals surface area contributed by atoms with Crippen LogP contribution in [0.1, 0.15) is 25.8 Å². The van der Waals surface area contributed by atoms with Crippen LogP contribution in [0.2, 0.25) is 0 Å². The van der Waals surface area contributed by atoms with Gasteiger partial charge in [-0.25, -0.2) is 0 Å². The first-order valence-electron chi connectivity index (χ1n) is 6.64. The Morgan fingerprint density at radius 2 is 2.06 bits per heavy atom. The van der Waals surface area contributed by atoms with E-state index in [1.807, 2.05) is 0 Å². The molecular weight excluding hydrogens is 208 g/mol. The third-order valence-corrected chi connectivity index (χ3v) is 4.27. The molecule has 0 spiro atoms. The molecule has 0 amide bonds. The van der Waals surface area contributed by atoms with Gasteiger partial charge in [-0.05, 0) is 50.9 Å². The minimum atomic E-state index is 0.600. The van der Waals surface area contributed by atoms with Crippen molar-refractivity contribution in [2.75, 3.05) is 18.5 Å². The second-order valence-electron chi connectivity index (χ2n) is 5.32. The van der Waals surface area contributed by atoms with Gasteiger partial charge in [-0.2, -0.15) is 0 Å². The SMILES string of the molecule is CNC1CCN(c2cccc(C)c2)C(C)C1C. The third kappa shape index (κ3) is 2.47. The number of hydrogen-bond acceptors (Lipinski definition) is 2. The van der Waals surface area contributed by atoms with Gasteiger partial charge in [-0.15, -0.1) is 0 Å². The van der Waals surface area contributed by atoms with Crippen LogP contribution in [0.15, 0.2) is 24.3 Å². The van der Waals surface area contributed by atoms with E-state index in [9.17, 15) is 0 Å². The van der Waals surface area contributed by atoms with E-state index in [0.29, 0.717) is 18.0 Å². The lowest BCUT2D eigenvalue weighted by Gasteiger charge is -2.44. The number of piperidine rings is 1. The van der Waals surface area contributed by atoms with E-state index in [4.69, 9.17) is 0 Å². The van der Waals surface area contributed by atoms with Crippen molar-refractivity contribution in [3.8, 4) is 0 Å². The summed E-state index contributed by atoms with van der Waals surface area (Å²) in [6.07, 6.45) is 1.23. The van der Waals surface area contributed by atoms with Crippen LogP contribution in [-0.4, -0.2) is 25.7 Å². The fraction of sp³-hybridized carbons (Fsp3) is 0.600. The van der Waals surface area contributed by atoms with Gasteiger partial charge in [0.15, 0.2) is 0 Å². The highest BCUT2D eigenvalue weighted by Gasteiger charge is 2.31. The maximum atomic E-state index is 3.44. The lowest BCUT2D eigenvalue weighted by Crippen LogP contribution is -2.52. The predicted octanol–water partition coefficient (Wildman–Crippen LogP) is 2.82. The lowest BCUT2D eigenvalue weighted by atomic mass is 9.86. The molecule has 1 aromatic rings. The molecule has 1 aromatic carbocycles. The Hall–Kier alpha value is -1.02. The molecule has 0 aliphatic carbocycles. The maximum absolute atomic E-state index is 3.44. The Morgan fingerprint density at radius 3 is 2.71 bits per heavy atom. The molecule has 1 aliphatic heterocycles. The normalized spacial score (nSPS) is 29.4. The third-order valence-electron chi connectivity index (χ3n) is 4.27. The van der Waals surface area contributed by atoms with Crippen molar-refractivity contribution in [2.24, 2.45) is 5.92 Å². The standard InChI is InChI=1S/C15H24N2/c1-11-6-5-7-14(10-11)17-9-8-15(16-4)12(2)13(17)3/h5-7,10,12-13,15-16H,8-9H2,1-4H3. The minimum Gasteiger partial charge on any atom is -0.368 e. The molecule has 0 aromatic heterocycles. The van der Waals surface area contributed by atoms with Gasteiger partial charge >= 0.3 is 0 Å². The first-order chi connectivity index (χ1) is 8.13. The maximum Gasteiger partial charge on any atom is 0.0371 e. The van der Waals surface area contributed by atoms with E-state index < -0.39 is 0 Å². The Labute approximate surface area is 105 Å². The van der Waals surface area contributed by atoms with Gasteiger partial charge in [0.1, 0.15) is 0 Å². The highest BCUT2D eigenvalue weighted by Crippen LogP contribution is 2.28. The van der Waals surface area contributed by atoms with Gasteiger partial charge < -0.3 is 10.2 Å². The monoisotopic (exact) mass is 232 g/mol. The van der Waals surface area contributed by atoms with E-state index in [-0.39, 0.29) is 0 Å². The molecule has 0 bridgehead atoms. The van der Waals surface area contributed by atoms with Gasteiger partial charge in [0.2, 0.25) is 0 Å². The molecule has 1 fully saturated rings. The Balaban J connectivity index is 2.18. The van der Waals surface area contributed by atoms with Crippen LogP contribution in [0.3, 0.4) is 0 Å². The van der Waals surface area contributed by atoms with Crippen LogP contribution in [0.4, 0.5) is 5.69 Å². The van der Waals surface area contributed by atoms with Gasteiger partial charge in [-0.1, -0.05) is 19.1 Å². The predicted molar refractivity (Wildman–Crippen MR) is 74.6 cm³/mol. The lowest BCUT2D eigenvalue weighted by molar-refractivity contribution is 0.282. The summed E-state index contributed by atoms with van der Waals surface area (Å²) >= 11 is 0. The highest BCUT2D eigenvalue weighted by atomic mass is 15.2. The molecule has 2 rings (SSSR count). The summed E-state index contributed by atoms with van der Waals surface area (Å²) in [5.41, 5.74) is 2.72. The number of nitrogens with one attached hydrogen (secondary N) is 1. The molecule has 3 unspecified atom stereocenters. The summed E-state index contributed by atoms with van der Waals surface area (Å²) < 4.78 is 0. The Kier molecular flexibility index (Phi) is 3.72. The first kappa shape index (κ1) is 12.4. The number of anilines is 1. The van der Waals surface area contributed by atoms with Crippen LogP contribution in [0.5, 0.6) is 0 Å². The molecule has 3 atom stereocenters. The first-order valence-corrected chi connectivity index (χ1v) is 6.64. The average molecular weight is 232 g/mol. The van der Waals surface area contributed by atoms with Crippen LogP contribution < -0.4 is 10.2 Å². The van der Waals surface area contributed by atoms with Crippen molar-refractivity contribution in [1.82, 2.24) is 5.32 Å². The topological polar surface area (TPSA) is 15.3 Å². The fourth-order valence-corrected chi connectivity index (χ4v) is 2.94. The van der Waals surface area contributed by atoms with E-state index in [1.54, 1.807) is 0 Å². The van der Waals surface area contributed by atoms with Gasteiger partial charge in [0, 0.05) is 24.3 Å². The molecular formula is C15H24N2. The molecule has 0 radical (unpaired) electrons. The highest BCUT2D eigenvalue weighted by molar-refractivity contribution is 5.50. The van der Waals surface area contributed by atoms with Crippen LogP contribution >= 0.6 is 0 Å². The summed E-state index contributed by atoms with van der Waals surface area (Å²) in [5.74, 6) is 0.689. The molecule has 2 heteroatoms. The van der Waals surface area contributed by atoms with Gasteiger partial charge in [-0.3, -0.25) is 0 Å². The average Bonchev–Trinajstić information content (AvgIpc) is 2.32. The molecule has 0 saturated carbocycles. The molecule has 1 aliphatic rings. The number of benzene rings is 1. The van der Waals surface area contributed by atoms with Gasteiger partial charge in [0.05, 0.1) is 0 Å². The molecule has 17 heavy (non-hydrogen) atoms.